The predicted octanol–water partition coefficient (Wildman–Crippen LogP) is 6.14. The van der Waals surface area contributed by atoms with Gasteiger partial charge < -0.3 is 9.90 Å². The van der Waals surface area contributed by atoms with Crippen LogP contribution in [0.2, 0.25) is 0 Å². The maximum atomic E-state index is 10.8. The fourth-order valence-corrected chi connectivity index (χ4v) is 2.52. The average molecular weight is 323 g/mol. The maximum absolute atomic E-state index is 10.8. The zero-order chi connectivity index (χ0) is 17.2. The molecule has 23 heavy (non-hydrogen) atoms. The fourth-order valence-electron chi connectivity index (χ4n) is 2.52. The highest BCUT2D eigenvalue weighted by Crippen LogP contribution is 2.09. The van der Waals surface area contributed by atoms with E-state index in [0.29, 0.717) is 12.2 Å². The smallest absolute Gasteiger partial charge is 0.129 e. The van der Waals surface area contributed by atoms with Crippen molar-refractivity contribution in [1.29, 1.82) is 0 Å². The third kappa shape index (κ3) is 19.1. The normalized spacial score (nSPS) is 13.2. The molecular weight excluding hydrogens is 284 g/mol. The van der Waals surface area contributed by atoms with Gasteiger partial charge in [0.25, 0.3) is 0 Å². The van der Waals surface area contributed by atoms with Gasteiger partial charge in [-0.15, -0.1) is 0 Å². The summed E-state index contributed by atoms with van der Waals surface area (Å²) in [5.74, 6) is 0.295. The summed E-state index contributed by atoms with van der Waals surface area (Å²) < 4.78 is 0. The molecule has 0 saturated carbocycles. The Morgan fingerprint density at radius 2 is 1.43 bits per heavy atom. The lowest BCUT2D eigenvalue weighted by Gasteiger charge is -2.03. The number of hydrogen-bond donors (Lipinski definition) is 1. The maximum Gasteiger partial charge on any atom is 0.129 e. The molecule has 0 aliphatic carbocycles. The summed E-state index contributed by atoms with van der Waals surface area (Å²) in [5.41, 5.74) is 0. The Bertz CT molecular complexity index is 318. The first-order valence-corrected chi connectivity index (χ1v) is 9.66. The summed E-state index contributed by atoms with van der Waals surface area (Å²) in [5, 5.41) is 9.67. The van der Waals surface area contributed by atoms with Crippen LogP contribution < -0.4 is 0 Å². The standard InChI is InChI=1S/C21H38O2/c1-3-4-18-21(23)19-16-14-12-10-8-6-5-7-9-11-13-15-17-20(2)22/h9,11,16,19,21,23H,3-8,10,12-15,17-18H2,1-2H3/b11-9-,19-16-. The van der Waals surface area contributed by atoms with Gasteiger partial charge in [0.05, 0.1) is 6.10 Å². The van der Waals surface area contributed by atoms with Crippen molar-refractivity contribution >= 4 is 5.78 Å². The number of allylic oxidation sites excluding steroid dienone is 3. The summed E-state index contributed by atoms with van der Waals surface area (Å²) in [6, 6.07) is 0. The lowest BCUT2D eigenvalue weighted by Crippen LogP contribution is -2.00. The highest BCUT2D eigenvalue weighted by Gasteiger charge is 1.96. The summed E-state index contributed by atoms with van der Waals surface area (Å²) >= 11 is 0. The van der Waals surface area contributed by atoms with E-state index in [-0.39, 0.29) is 6.10 Å². The van der Waals surface area contributed by atoms with Crippen molar-refractivity contribution < 1.29 is 9.90 Å². The van der Waals surface area contributed by atoms with Gasteiger partial charge in [-0.1, -0.05) is 63.3 Å². The van der Waals surface area contributed by atoms with E-state index in [9.17, 15) is 9.90 Å². The lowest BCUT2D eigenvalue weighted by atomic mass is 10.1. The fraction of sp³-hybridized carbons (Fsp3) is 0.762. The van der Waals surface area contributed by atoms with Crippen molar-refractivity contribution in [3.63, 3.8) is 0 Å². The van der Waals surface area contributed by atoms with E-state index in [4.69, 9.17) is 0 Å². The minimum absolute atomic E-state index is 0.239. The SMILES string of the molecule is CCCCC(O)/C=C\CCCCCCC/C=C\CCCC(C)=O. The number of aliphatic hydroxyl groups is 1. The van der Waals surface area contributed by atoms with Crippen LogP contribution in [0.1, 0.15) is 97.3 Å². The number of rotatable bonds is 16. The third-order valence-electron chi connectivity index (χ3n) is 4.02. The Morgan fingerprint density at radius 3 is 2.04 bits per heavy atom. The first-order chi connectivity index (χ1) is 11.2. The van der Waals surface area contributed by atoms with E-state index >= 15 is 0 Å². The minimum atomic E-state index is -0.239. The van der Waals surface area contributed by atoms with Gasteiger partial charge in [0.15, 0.2) is 0 Å². The highest BCUT2D eigenvalue weighted by molar-refractivity contribution is 5.75. The molecule has 134 valence electrons. The zero-order valence-corrected chi connectivity index (χ0v) is 15.4. The molecule has 0 radical (unpaired) electrons. The first kappa shape index (κ1) is 22.1. The first-order valence-electron chi connectivity index (χ1n) is 9.66. The molecule has 0 amide bonds. The van der Waals surface area contributed by atoms with Crippen LogP contribution in [0.15, 0.2) is 24.3 Å². The Balaban J connectivity index is 3.25. The van der Waals surface area contributed by atoms with E-state index in [2.05, 4.69) is 25.2 Å². The molecule has 0 bridgehead atoms. The number of hydrogen-bond acceptors (Lipinski definition) is 2. The van der Waals surface area contributed by atoms with Crippen LogP contribution in [-0.2, 0) is 4.79 Å². The number of unbranched alkanes of at least 4 members (excludes halogenated alkanes) is 8. The third-order valence-corrected chi connectivity index (χ3v) is 4.02. The monoisotopic (exact) mass is 322 g/mol. The molecule has 2 nitrogen and oxygen atoms in total. The van der Waals surface area contributed by atoms with Gasteiger partial charge in [-0.3, -0.25) is 0 Å². The number of aliphatic hydroxyl groups excluding tert-OH is 1. The van der Waals surface area contributed by atoms with Crippen molar-refractivity contribution in [2.45, 2.75) is 103 Å². The van der Waals surface area contributed by atoms with Gasteiger partial charge in [-0.25, -0.2) is 0 Å². The van der Waals surface area contributed by atoms with Crippen LogP contribution >= 0.6 is 0 Å². The molecule has 0 aromatic rings. The summed E-state index contributed by atoms with van der Waals surface area (Å²) in [4.78, 5) is 10.8. The summed E-state index contributed by atoms with van der Waals surface area (Å²) in [6.07, 6.45) is 22.9. The van der Waals surface area contributed by atoms with E-state index < -0.39 is 0 Å². The van der Waals surface area contributed by atoms with Crippen molar-refractivity contribution in [1.82, 2.24) is 0 Å². The number of Topliss-reactive ketones (excluding diaryl/α,β-unsaturated/α-hetero) is 1. The Labute approximate surface area is 144 Å². The summed E-state index contributed by atoms with van der Waals surface area (Å²) in [7, 11) is 0. The molecule has 1 N–H and O–H groups in total. The molecule has 0 aromatic heterocycles. The van der Waals surface area contributed by atoms with E-state index in [1.807, 2.05) is 6.08 Å². The van der Waals surface area contributed by atoms with E-state index in [1.165, 1.54) is 38.5 Å². The van der Waals surface area contributed by atoms with Crippen LogP contribution in [-0.4, -0.2) is 17.0 Å². The summed E-state index contributed by atoms with van der Waals surface area (Å²) in [6.45, 7) is 3.81. The highest BCUT2D eigenvalue weighted by atomic mass is 16.3. The molecule has 0 fully saturated rings. The molecule has 0 aromatic carbocycles. The van der Waals surface area contributed by atoms with Gasteiger partial charge in [-0.2, -0.15) is 0 Å². The molecule has 0 heterocycles. The number of ketones is 1. The van der Waals surface area contributed by atoms with Gasteiger partial charge in [-0.05, 0) is 51.9 Å². The van der Waals surface area contributed by atoms with Crippen molar-refractivity contribution in [2.24, 2.45) is 0 Å². The van der Waals surface area contributed by atoms with Crippen molar-refractivity contribution in [2.75, 3.05) is 0 Å². The van der Waals surface area contributed by atoms with Gasteiger partial charge in [0, 0.05) is 6.42 Å². The number of carbonyl (C=O) groups excluding carboxylic acids is 1. The van der Waals surface area contributed by atoms with Crippen molar-refractivity contribution in [3.8, 4) is 0 Å². The molecule has 0 aliphatic heterocycles. The Morgan fingerprint density at radius 1 is 0.870 bits per heavy atom. The molecule has 0 rings (SSSR count). The molecular formula is C21H38O2. The second-order valence-corrected chi connectivity index (χ2v) is 6.55. The van der Waals surface area contributed by atoms with Gasteiger partial charge >= 0.3 is 0 Å². The quantitative estimate of drug-likeness (QED) is 0.274. The molecule has 2 heteroatoms. The minimum Gasteiger partial charge on any atom is -0.389 e. The average Bonchev–Trinajstić information content (AvgIpc) is 2.52. The number of carbonyl (C=O) groups is 1. The van der Waals surface area contributed by atoms with E-state index in [0.717, 1.165) is 38.5 Å². The molecule has 0 spiro atoms. The van der Waals surface area contributed by atoms with Crippen LogP contribution in [0.4, 0.5) is 0 Å². The zero-order valence-electron chi connectivity index (χ0n) is 15.4. The topological polar surface area (TPSA) is 37.3 Å². The van der Waals surface area contributed by atoms with Gasteiger partial charge in [0.2, 0.25) is 0 Å². The second kappa shape index (κ2) is 17.5. The van der Waals surface area contributed by atoms with Crippen molar-refractivity contribution in [3.05, 3.63) is 24.3 Å². The largest absolute Gasteiger partial charge is 0.389 e. The predicted molar refractivity (Wildman–Crippen MR) is 101 cm³/mol. The molecule has 1 unspecified atom stereocenters. The molecule has 0 saturated heterocycles. The molecule has 1 atom stereocenters. The molecule has 0 aliphatic rings. The lowest BCUT2D eigenvalue weighted by molar-refractivity contribution is -0.117. The Hall–Kier alpha value is -0.890. The van der Waals surface area contributed by atoms with E-state index in [1.54, 1.807) is 6.92 Å². The van der Waals surface area contributed by atoms with Crippen LogP contribution in [0.5, 0.6) is 0 Å². The Kier molecular flexibility index (Phi) is 16.8. The van der Waals surface area contributed by atoms with Crippen LogP contribution in [0, 0.1) is 0 Å². The second-order valence-electron chi connectivity index (χ2n) is 6.55. The van der Waals surface area contributed by atoms with Crippen LogP contribution in [0.3, 0.4) is 0 Å². The van der Waals surface area contributed by atoms with Gasteiger partial charge in [0.1, 0.15) is 5.78 Å². The van der Waals surface area contributed by atoms with Crippen LogP contribution in [0.25, 0.3) is 0 Å².